The zero-order valence-corrected chi connectivity index (χ0v) is 14.1. The number of nitrogens with zero attached hydrogens (tertiary/aromatic N) is 1. The molecule has 1 aliphatic rings. The van der Waals surface area contributed by atoms with E-state index in [0.717, 1.165) is 16.0 Å². The van der Waals surface area contributed by atoms with Crippen molar-refractivity contribution in [3.05, 3.63) is 76.9 Å². The summed E-state index contributed by atoms with van der Waals surface area (Å²) >= 11 is 0. The highest BCUT2D eigenvalue weighted by molar-refractivity contribution is 6.22. The molecule has 3 rings (SSSR count). The number of carbonyl (C=O) groups excluding carboxylic acids is 3. The Morgan fingerprint density at radius 3 is 2.32 bits per heavy atom. The lowest BCUT2D eigenvalue weighted by Gasteiger charge is -2.09. The molecule has 25 heavy (non-hydrogen) atoms. The van der Waals surface area contributed by atoms with E-state index in [1.165, 1.54) is 18.2 Å². The summed E-state index contributed by atoms with van der Waals surface area (Å²) in [4.78, 5) is 38.2. The van der Waals surface area contributed by atoms with Crippen molar-refractivity contribution < 1.29 is 14.4 Å². The van der Waals surface area contributed by atoms with Crippen LogP contribution in [-0.4, -0.2) is 29.2 Å². The van der Waals surface area contributed by atoms with Crippen molar-refractivity contribution in [2.24, 2.45) is 0 Å². The number of fused-ring (bicyclic) bond motifs is 1. The number of nitrogens with one attached hydrogen (secondary N) is 1. The maximum absolute atomic E-state index is 12.5. The number of anilines is 1. The van der Waals surface area contributed by atoms with E-state index >= 15 is 0 Å². The molecule has 0 fully saturated rings. The van der Waals surface area contributed by atoms with E-state index < -0.39 is 5.91 Å². The Bertz CT molecular complexity index is 895. The van der Waals surface area contributed by atoms with E-state index in [9.17, 15) is 14.4 Å². The number of imide groups is 1. The number of carbonyl (C=O) groups is 3. The van der Waals surface area contributed by atoms with Gasteiger partial charge in [0.2, 0.25) is 0 Å². The SMILES string of the molecule is C=CCN1C(=O)c2ccc(C(=O)Nc3cc(C)cc(C)c3)cc2C1=O. The van der Waals surface area contributed by atoms with Gasteiger partial charge >= 0.3 is 0 Å². The third-order valence-electron chi connectivity index (χ3n) is 4.02. The predicted molar refractivity (Wildman–Crippen MR) is 95.9 cm³/mol. The molecular weight excluding hydrogens is 316 g/mol. The fourth-order valence-electron chi connectivity index (χ4n) is 2.98. The van der Waals surface area contributed by atoms with Crippen LogP contribution in [-0.2, 0) is 0 Å². The van der Waals surface area contributed by atoms with Crippen LogP contribution in [0.5, 0.6) is 0 Å². The van der Waals surface area contributed by atoms with Gasteiger partial charge in [-0.3, -0.25) is 19.3 Å². The number of amides is 3. The van der Waals surface area contributed by atoms with Crippen LogP contribution in [0.3, 0.4) is 0 Å². The number of hydrogen-bond donors (Lipinski definition) is 1. The highest BCUT2D eigenvalue weighted by Crippen LogP contribution is 2.24. The molecule has 1 heterocycles. The molecule has 3 amide bonds. The number of rotatable bonds is 4. The Kier molecular flexibility index (Phi) is 4.23. The summed E-state index contributed by atoms with van der Waals surface area (Å²) in [5, 5.41) is 2.83. The average molecular weight is 334 g/mol. The van der Waals surface area contributed by atoms with Crippen LogP contribution < -0.4 is 5.32 Å². The van der Waals surface area contributed by atoms with Crippen molar-refractivity contribution in [2.45, 2.75) is 13.8 Å². The van der Waals surface area contributed by atoms with Crippen LogP contribution in [0.25, 0.3) is 0 Å². The summed E-state index contributed by atoms with van der Waals surface area (Å²) in [5.41, 5.74) is 3.68. The summed E-state index contributed by atoms with van der Waals surface area (Å²) in [6.07, 6.45) is 1.50. The molecule has 5 nitrogen and oxygen atoms in total. The topological polar surface area (TPSA) is 66.5 Å². The zero-order chi connectivity index (χ0) is 18.1. The highest BCUT2D eigenvalue weighted by atomic mass is 16.2. The van der Waals surface area contributed by atoms with Gasteiger partial charge in [-0.1, -0.05) is 12.1 Å². The second-order valence-electron chi connectivity index (χ2n) is 6.10. The number of benzene rings is 2. The Morgan fingerprint density at radius 2 is 1.68 bits per heavy atom. The maximum Gasteiger partial charge on any atom is 0.261 e. The van der Waals surface area contributed by atoms with Crippen molar-refractivity contribution in [1.29, 1.82) is 0 Å². The van der Waals surface area contributed by atoms with E-state index in [1.807, 2.05) is 32.0 Å². The number of aryl methyl sites for hydroxylation is 2. The molecule has 126 valence electrons. The summed E-state index contributed by atoms with van der Waals surface area (Å²) in [7, 11) is 0. The quantitative estimate of drug-likeness (QED) is 0.689. The van der Waals surface area contributed by atoms with Crippen molar-refractivity contribution >= 4 is 23.4 Å². The first-order valence-corrected chi connectivity index (χ1v) is 7.91. The van der Waals surface area contributed by atoms with E-state index in [1.54, 1.807) is 6.07 Å². The van der Waals surface area contributed by atoms with Gasteiger partial charge in [-0.05, 0) is 55.3 Å². The van der Waals surface area contributed by atoms with Crippen molar-refractivity contribution in [1.82, 2.24) is 4.90 Å². The monoisotopic (exact) mass is 334 g/mol. The summed E-state index contributed by atoms with van der Waals surface area (Å²) in [6.45, 7) is 7.61. The van der Waals surface area contributed by atoms with Gasteiger partial charge in [-0.25, -0.2) is 0 Å². The zero-order valence-electron chi connectivity index (χ0n) is 14.1. The minimum absolute atomic E-state index is 0.149. The Hall–Kier alpha value is -3.21. The van der Waals surface area contributed by atoms with Gasteiger partial charge in [-0.15, -0.1) is 6.58 Å². The minimum atomic E-state index is -0.402. The van der Waals surface area contributed by atoms with Gasteiger partial charge in [0.25, 0.3) is 17.7 Å². The van der Waals surface area contributed by atoms with E-state index in [2.05, 4.69) is 11.9 Å². The molecule has 1 N–H and O–H groups in total. The fraction of sp³-hybridized carbons (Fsp3) is 0.150. The molecular formula is C20H18N2O3. The molecule has 0 saturated carbocycles. The lowest BCUT2D eigenvalue weighted by atomic mass is 10.0. The summed E-state index contributed by atoms with van der Waals surface area (Å²) in [5.74, 6) is -1.09. The largest absolute Gasteiger partial charge is 0.322 e. The van der Waals surface area contributed by atoms with Gasteiger partial charge < -0.3 is 5.32 Å². The molecule has 5 heteroatoms. The molecule has 0 saturated heterocycles. The molecule has 0 aliphatic carbocycles. The molecule has 1 aliphatic heterocycles. The molecule has 0 atom stereocenters. The normalized spacial score (nSPS) is 13.0. The fourth-order valence-corrected chi connectivity index (χ4v) is 2.98. The van der Waals surface area contributed by atoms with Crippen molar-refractivity contribution in [3.8, 4) is 0 Å². The van der Waals surface area contributed by atoms with Crippen LogP contribution in [0.4, 0.5) is 5.69 Å². The van der Waals surface area contributed by atoms with E-state index in [4.69, 9.17) is 0 Å². The second-order valence-corrected chi connectivity index (χ2v) is 6.10. The molecule has 2 aromatic carbocycles. The molecule has 0 spiro atoms. The first-order valence-electron chi connectivity index (χ1n) is 7.91. The van der Waals surface area contributed by atoms with Gasteiger partial charge in [-0.2, -0.15) is 0 Å². The second kappa shape index (κ2) is 6.36. The van der Waals surface area contributed by atoms with Gasteiger partial charge in [0, 0.05) is 17.8 Å². The van der Waals surface area contributed by atoms with Crippen LogP contribution in [0, 0.1) is 13.8 Å². The Balaban J connectivity index is 1.88. The average Bonchev–Trinajstić information content (AvgIpc) is 2.79. The van der Waals surface area contributed by atoms with E-state index in [-0.39, 0.29) is 23.9 Å². The smallest absolute Gasteiger partial charge is 0.261 e. The maximum atomic E-state index is 12.5. The Morgan fingerprint density at radius 1 is 1.04 bits per heavy atom. The van der Waals surface area contributed by atoms with Crippen LogP contribution >= 0.6 is 0 Å². The highest BCUT2D eigenvalue weighted by Gasteiger charge is 2.35. The van der Waals surface area contributed by atoms with Gasteiger partial charge in [0.15, 0.2) is 0 Å². The predicted octanol–water partition coefficient (Wildman–Crippen LogP) is 3.34. The third-order valence-corrected chi connectivity index (χ3v) is 4.02. The van der Waals surface area contributed by atoms with Crippen LogP contribution in [0.15, 0.2) is 49.1 Å². The molecule has 0 unspecified atom stereocenters. The lowest BCUT2D eigenvalue weighted by Crippen LogP contribution is -2.29. The Labute approximate surface area is 146 Å². The van der Waals surface area contributed by atoms with Crippen LogP contribution in [0.2, 0.25) is 0 Å². The van der Waals surface area contributed by atoms with E-state index in [0.29, 0.717) is 16.8 Å². The van der Waals surface area contributed by atoms with Crippen molar-refractivity contribution in [2.75, 3.05) is 11.9 Å². The number of hydrogen-bond acceptors (Lipinski definition) is 3. The van der Waals surface area contributed by atoms with Gasteiger partial charge in [0.05, 0.1) is 11.1 Å². The lowest BCUT2D eigenvalue weighted by molar-refractivity contribution is 0.0672. The van der Waals surface area contributed by atoms with Crippen molar-refractivity contribution in [3.63, 3.8) is 0 Å². The molecule has 2 aromatic rings. The summed E-state index contributed by atoms with van der Waals surface area (Å²) < 4.78 is 0. The molecule has 0 bridgehead atoms. The first kappa shape index (κ1) is 16.6. The standard InChI is InChI=1S/C20H18N2O3/c1-4-7-22-19(24)16-6-5-14(11-17(16)20(22)25)18(23)21-15-9-12(2)8-13(3)10-15/h4-6,8-11H,1,7H2,2-3H3,(H,21,23). The van der Waals surface area contributed by atoms with Gasteiger partial charge in [0.1, 0.15) is 0 Å². The first-order chi connectivity index (χ1) is 11.9. The molecule has 0 radical (unpaired) electrons. The molecule has 0 aromatic heterocycles. The minimum Gasteiger partial charge on any atom is -0.322 e. The summed E-state index contributed by atoms with van der Waals surface area (Å²) in [6, 6.07) is 10.3. The van der Waals surface area contributed by atoms with Crippen LogP contribution in [0.1, 0.15) is 42.2 Å². The third kappa shape index (κ3) is 3.08.